The SMILES string of the molecule is CCCCN1CCC(N(Cc2ccc(Nc3ccnc4cc(Cl)ccc34)cc2)C(=O)c2ccccc2)CC1. The number of unbranched alkanes of at least 4 members (excludes halogenated alkanes) is 1. The monoisotopic (exact) mass is 526 g/mol. The molecule has 0 atom stereocenters. The van der Waals surface area contributed by atoms with Crippen molar-refractivity contribution in [3.05, 3.63) is 101 Å². The van der Waals surface area contributed by atoms with Crippen LogP contribution in [0.2, 0.25) is 5.02 Å². The second-order valence-electron chi connectivity index (χ2n) is 10.1. The van der Waals surface area contributed by atoms with Crippen molar-refractivity contribution in [1.29, 1.82) is 0 Å². The van der Waals surface area contributed by atoms with Crippen molar-refractivity contribution in [3.63, 3.8) is 0 Å². The quantitative estimate of drug-likeness (QED) is 0.245. The molecule has 1 fully saturated rings. The van der Waals surface area contributed by atoms with E-state index < -0.39 is 0 Å². The molecule has 38 heavy (non-hydrogen) atoms. The topological polar surface area (TPSA) is 48.5 Å². The maximum Gasteiger partial charge on any atom is 0.254 e. The van der Waals surface area contributed by atoms with Crippen LogP contribution in [-0.2, 0) is 6.54 Å². The molecule has 0 unspecified atom stereocenters. The molecule has 1 amide bonds. The predicted molar refractivity (Wildman–Crippen MR) is 157 cm³/mol. The average molecular weight is 527 g/mol. The number of piperidine rings is 1. The smallest absolute Gasteiger partial charge is 0.254 e. The minimum Gasteiger partial charge on any atom is -0.355 e. The molecular weight excluding hydrogens is 492 g/mol. The van der Waals surface area contributed by atoms with E-state index in [1.807, 2.05) is 54.6 Å². The number of pyridine rings is 1. The van der Waals surface area contributed by atoms with E-state index in [2.05, 4.69) is 51.3 Å². The van der Waals surface area contributed by atoms with Crippen molar-refractivity contribution in [2.24, 2.45) is 0 Å². The molecule has 196 valence electrons. The Morgan fingerprint density at radius 3 is 2.53 bits per heavy atom. The second kappa shape index (κ2) is 12.4. The number of nitrogens with zero attached hydrogens (tertiary/aromatic N) is 3. The summed E-state index contributed by atoms with van der Waals surface area (Å²) in [4.78, 5) is 22.7. The lowest BCUT2D eigenvalue weighted by Gasteiger charge is -2.39. The first kappa shape index (κ1) is 26.2. The highest BCUT2D eigenvalue weighted by atomic mass is 35.5. The number of carbonyl (C=O) groups is 1. The molecule has 1 aliphatic rings. The fourth-order valence-electron chi connectivity index (χ4n) is 5.23. The molecule has 5 rings (SSSR count). The van der Waals surface area contributed by atoms with Gasteiger partial charge in [0, 0.05) is 59.2 Å². The lowest BCUT2D eigenvalue weighted by atomic mass is 10.0. The van der Waals surface area contributed by atoms with Crippen LogP contribution in [0.1, 0.15) is 48.5 Å². The minimum absolute atomic E-state index is 0.113. The van der Waals surface area contributed by atoms with E-state index in [1.165, 1.54) is 12.8 Å². The normalized spacial score (nSPS) is 14.5. The van der Waals surface area contributed by atoms with E-state index in [0.29, 0.717) is 11.6 Å². The van der Waals surface area contributed by atoms with Crippen LogP contribution in [0.15, 0.2) is 85.1 Å². The molecular formula is C32H35ClN4O. The number of hydrogen-bond donors (Lipinski definition) is 1. The number of halogens is 1. The van der Waals surface area contributed by atoms with Crippen molar-refractivity contribution in [1.82, 2.24) is 14.8 Å². The van der Waals surface area contributed by atoms with Gasteiger partial charge in [-0.1, -0.05) is 55.3 Å². The van der Waals surface area contributed by atoms with Crippen LogP contribution < -0.4 is 5.32 Å². The standard InChI is InChI=1S/C32H35ClN4O/c1-2-3-19-36-20-16-28(17-21-36)37(32(38)25-7-5-4-6-8-25)23-24-9-12-27(13-10-24)35-30-15-18-34-31-22-26(33)11-14-29(30)31/h4-15,18,22,28H,2-3,16-17,19-21,23H2,1H3,(H,34,35). The van der Waals surface area contributed by atoms with Gasteiger partial charge in [-0.25, -0.2) is 0 Å². The van der Waals surface area contributed by atoms with Crippen molar-refractivity contribution in [3.8, 4) is 0 Å². The van der Waals surface area contributed by atoms with E-state index in [9.17, 15) is 4.79 Å². The number of fused-ring (bicyclic) bond motifs is 1. The molecule has 1 aromatic heterocycles. The van der Waals surface area contributed by atoms with Gasteiger partial charge < -0.3 is 15.1 Å². The van der Waals surface area contributed by atoms with Gasteiger partial charge in [-0.05, 0) is 79.9 Å². The molecule has 1 saturated heterocycles. The zero-order valence-electron chi connectivity index (χ0n) is 21.9. The zero-order chi connectivity index (χ0) is 26.3. The summed E-state index contributed by atoms with van der Waals surface area (Å²) in [6.45, 7) is 6.10. The number of amides is 1. The number of anilines is 2. The van der Waals surface area contributed by atoms with E-state index in [1.54, 1.807) is 6.20 Å². The average Bonchev–Trinajstić information content (AvgIpc) is 2.96. The molecule has 0 spiro atoms. The van der Waals surface area contributed by atoms with E-state index in [0.717, 1.165) is 65.9 Å². The van der Waals surface area contributed by atoms with Gasteiger partial charge in [0.25, 0.3) is 5.91 Å². The molecule has 2 heterocycles. The van der Waals surface area contributed by atoms with Crippen LogP contribution in [0.4, 0.5) is 11.4 Å². The zero-order valence-corrected chi connectivity index (χ0v) is 22.7. The molecule has 4 aromatic rings. The maximum atomic E-state index is 13.6. The maximum absolute atomic E-state index is 13.6. The molecule has 0 saturated carbocycles. The van der Waals surface area contributed by atoms with Crippen molar-refractivity contribution >= 4 is 39.8 Å². The van der Waals surface area contributed by atoms with Gasteiger partial charge in [-0.3, -0.25) is 9.78 Å². The van der Waals surface area contributed by atoms with Crippen LogP contribution >= 0.6 is 11.6 Å². The first-order valence-corrected chi connectivity index (χ1v) is 14.0. The van der Waals surface area contributed by atoms with Gasteiger partial charge in [0.2, 0.25) is 0 Å². The van der Waals surface area contributed by atoms with E-state index in [4.69, 9.17) is 11.6 Å². The summed E-state index contributed by atoms with van der Waals surface area (Å²) in [6, 6.07) is 26.0. The lowest BCUT2D eigenvalue weighted by molar-refractivity contribution is 0.0549. The third-order valence-corrected chi connectivity index (χ3v) is 7.63. The highest BCUT2D eigenvalue weighted by molar-refractivity contribution is 6.31. The Kier molecular flexibility index (Phi) is 8.57. The highest BCUT2D eigenvalue weighted by Gasteiger charge is 2.28. The Hall–Kier alpha value is -3.41. The number of benzene rings is 3. The Bertz CT molecular complexity index is 1350. The molecule has 6 heteroatoms. The number of aromatic nitrogens is 1. The van der Waals surface area contributed by atoms with Crippen LogP contribution in [0.25, 0.3) is 10.9 Å². The molecule has 1 aliphatic heterocycles. The number of hydrogen-bond acceptors (Lipinski definition) is 4. The number of likely N-dealkylation sites (tertiary alicyclic amines) is 1. The summed E-state index contributed by atoms with van der Waals surface area (Å²) in [6.07, 6.45) is 6.27. The third-order valence-electron chi connectivity index (χ3n) is 7.40. The van der Waals surface area contributed by atoms with Crippen molar-refractivity contribution in [2.45, 2.75) is 45.2 Å². The van der Waals surface area contributed by atoms with Gasteiger partial charge in [0.15, 0.2) is 0 Å². The van der Waals surface area contributed by atoms with Crippen LogP contribution in [0.3, 0.4) is 0 Å². The molecule has 0 bridgehead atoms. The number of carbonyl (C=O) groups excluding carboxylic acids is 1. The van der Waals surface area contributed by atoms with Gasteiger partial charge in [0.05, 0.1) is 5.52 Å². The number of nitrogens with one attached hydrogen (secondary N) is 1. The Morgan fingerprint density at radius 1 is 1.03 bits per heavy atom. The highest BCUT2D eigenvalue weighted by Crippen LogP contribution is 2.28. The summed E-state index contributed by atoms with van der Waals surface area (Å²) in [5.41, 5.74) is 4.70. The largest absolute Gasteiger partial charge is 0.355 e. The van der Waals surface area contributed by atoms with Gasteiger partial charge in [-0.2, -0.15) is 0 Å². The number of rotatable bonds is 9. The van der Waals surface area contributed by atoms with Gasteiger partial charge >= 0.3 is 0 Å². The van der Waals surface area contributed by atoms with Gasteiger partial charge in [0.1, 0.15) is 0 Å². The van der Waals surface area contributed by atoms with Crippen molar-refractivity contribution < 1.29 is 4.79 Å². The fraction of sp³-hybridized carbons (Fsp3) is 0.312. The van der Waals surface area contributed by atoms with Crippen LogP contribution in [-0.4, -0.2) is 46.4 Å². The summed E-state index contributed by atoms with van der Waals surface area (Å²) in [5, 5.41) is 5.20. The van der Waals surface area contributed by atoms with Gasteiger partial charge in [-0.15, -0.1) is 0 Å². The van der Waals surface area contributed by atoms with E-state index >= 15 is 0 Å². The first-order chi connectivity index (χ1) is 18.6. The molecule has 1 N–H and O–H groups in total. The van der Waals surface area contributed by atoms with E-state index in [-0.39, 0.29) is 11.9 Å². The van der Waals surface area contributed by atoms with Crippen LogP contribution in [0, 0.1) is 0 Å². The Balaban J connectivity index is 1.31. The van der Waals surface area contributed by atoms with Crippen molar-refractivity contribution in [2.75, 3.05) is 25.0 Å². The Labute approximate surface area is 230 Å². The molecule has 3 aromatic carbocycles. The minimum atomic E-state index is 0.113. The third kappa shape index (κ3) is 6.35. The van der Waals surface area contributed by atoms with Crippen LogP contribution in [0.5, 0.6) is 0 Å². The second-order valence-corrected chi connectivity index (χ2v) is 10.5. The fourth-order valence-corrected chi connectivity index (χ4v) is 5.39. The summed E-state index contributed by atoms with van der Waals surface area (Å²) >= 11 is 6.14. The predicted octanol–water partition coefficient (Wildman–Crippen LogP) is 7.54. The molecule has 0 aliphatic carbocycles. The Morgan fingerprint density at radius 2 is 1.79 bits per heavy atom. The summed E-state index contributed by atoms with van der Waals surface area (Å²) in [7, 11) is 0. The molecule has 5 nitrogen and oxygen atoms in total. The first-order valence-electron chi connectivity index (χ1n) is 13.6. The lowest BCUT2D eigenvalue weighted by Crippen LogP contribution is -2.47. The summed E-state index contributed by atoms with van der Waals surface area (Å²) in [5.74, 6) is 0.113. The summed E-state index contributed by atoms with van der Waals surface area (Å²) < 4.78 is 0. The molecule has 0 radical (unpaired) electrons.